The first-order valence-corrected chi connectivity index (χ1v) is 6.89. The van der Waals surface area contributed by atoms with Crippen LogP contribution in [0, 0.1) is 0 Å². The van der Waals surface area contributed by atoms with Gasteiger partial charge in [0.25, 0.3) is 5.91 Å². The third-order valence-corrected chi connectivity index (χ3v) is 3.19. The van der Waals surface area contributed by atoms with E-state index in [2.05, 4.69) is 26.6 Å². The van der Waals surface area contributed by atoms with Crippen molar-refractivity contribution in [2.75, 3.05) is 13.1 Å². The molecule has 0 bridgehead atoms. The van der Waals surface area contributed by atoms with Crippen LogP contribution in [-0.4, -0.2) is 25.0 Å². The van der Waals surface area contributed by atoms with Gasteiger partial charge in [-0.15, -0.1) is 0 Å². The monoisotopic (exact) mass is 352 g/mol. The molecule has 2 N–H and O–H groups in total. The summed E-state index contributed by atoms with van der Waals surface area (Å²) in [7, 11) is 0. The Morgan fingerprint density at radius 1 is 1.30 bits per heavy atom. The highest BCUT2D eigenvalue weighted by Crippen LogP contribution is 2.35. The summed E-state index contributed by atoms with van der Waals surface area (Å²) in [4.78, 5) is 11.8. The van der Waals surface area contributed by atoms with Crippen LogP contribution >= 0.6 is 15.9 Å². The molecule has 7 heteroatoms. The Bertz CT molecular complexity index is 475. The van der Waals surface area contributed by atoms with Crippen LogP contribution in [-0.2, 0) is 6.18 Å². The van der Waals surface area contributed by atoms with Crippen LogP contribution in [0.15, 0.2) is 22.7 Å². The van der Waals surface area contributed by atoms with E-state index in [1.165, 1.54) is 12.1 Å². The molecule has 20 heavy (non-hydrogen) atoms. The molecular formula is C13H16BrF3N2O. The summed E-state index contributed by atoms with van der Waals surface area (Å²) in [5, 5.41) is 5.66. The van der Waals surface area contributed by atoms with E-state index in [-0.39, 0.29) is 16.1 Å². The summed E-state index contributed by atoms with van der Waals surface area (Å²) >= 11 is 2.83. The Labute approximate surface area is 124 Å². The van der Waals surface area contributed by atoms with Crippen LogP contribution in [0.4, 0.5) is 13.2 Å². The number of rotatable bonds is 5. The second-order valence-corrected chi connectivity index (χ2v) is 5.41. The Balaban J connectivity index is 2.70. The zero-order chi connectivity index (χ0) is 15.3. The largest absolute Gasteiger partial charge is 0.417 e. The number of carbonyl (C=O) groups excluding carboxylic acids is 1. The van der Waals surface area contributed by atoms with E-state index in [0.29, 0.717) is 13.1 Å². The highest BCUT2D eigenvalue weighted by atomic mass is 79.9. The van der Waals surface area contributed by atoms with E-state index in [9.17, 15) is 18.0 Å². The lowest BCUT2D eigenvalue weighted by Crippen LogP contribution is -2.34. The van der Waals surface area contributed by atoms with E-state index in [4.69, 9.17) is 0 Å². The SMILES string of the molecule is CC(C)NCCNC(=O)c1ccc(Br)c(C(F)(F)F)c1. The van der Waals surface area contributed by atoms with Gasteiger partial charge in [-0.05, 0) is 18.2 Å². The van der Waals surface area contributed by atoms with Crippen molar-refractivity contribution in [2.45, 2.75) is 26.1 Å². The minimum absolute atomic E-state index is 0.00919. The standard InChI is InChI=1S/C13H16BrF3N2O/c1-8(2)18-5-6-19-12(20)9-3-4-11(14)10(7-9)13(15,16)17/h3-4,7-8,18H,5-6H2,1-2H3,(H,19,20). The van der Waals surface area contributed by atoms with Crippen LogP contribution < -0.4 is 10.6 Å². The van der Waals surface area contributed by atoms with E-state index < -0.39 is 17.6 Å². The van der Waals surface area contributed by atoms with E-state index in [0.717, 1.165) is 6.07 Å². The van der Waals surface area contributed by atoms with Gasteiger partial charge in [-0.2, -0.15) is 13.2 Å². The third-order valence-electron chi connectivity index (χ3n) is 2.50. The van der Waals surface area contributed by atoms with Crippen LogP contribution in [0.3, 0.4) is 0 Å². The highest BCUT2D eigenvalue weighted by molar-refractivity contribution is 9.10. The molecule has 1 rings (SSSR count). The lowest BCUT2D eigenvalue weighted by atomic mass is 10.1. The second-order valence-electron chi connectivity index (χ2n) is 4.56. The number of alkyl halides is 3. The summed E-state index contributed by atoms with van der Waals surface area (Å²) < 4.78 is 38.1. The van der Waals surface area contributed by atoms with Gasteiger partial charge in [0.15, 0.2) is 0 Å². The average Bonchev–Trinajstić information content (AvgIpc) is 2.33. The Kier molecular flexibility index (Phi) is 6.01. The predicted molar refractivity (Wildman–Crippen MR) is 74.6 cm³/mol. The first-order valence-electron chi connectivity index (χ1n) is 6.10. The molecule has 0 spiro atoms. The van der Waals surface area contributed by atoms with Crippen molar-refractivity contribution in [2.24, 2.45) is 0 Å². The van der Waals surface area contributed by atoms with Crippen molar-refractivity contribution in [3.63, 3.8) is 0 Å². The number of carbonyl (C=O) groups is 1. The van der Waals surface area contributed by atoms with Crippen molar-refractivity contribution in [3.05, 3.63) is 33.8 Å². The molecule has 0 heterocycles. The van der Waals surface area contributed by atoms with Crippen molar-refractivity contribution in [3.8, 4) is 0 Å². The van der Waals surface area contributed by atoms with Gasteiger partial charge < -0.3 is 10.6 Å². The Morgan fingerprint density at radius 2 is 1.95 bits per heavy atom. The topological polar surface area (TPSA) is 41.1 Å². The van der Waals surface area contributed by atoms with Crippen molar-refractivity contribution < 1.29 is 18.0 Å². The molecule has 0 aliphatic rings. The number of hydrogen-bond donors (Lipinski definition) is 2. The molecule has 3 nitrogen and oxygen atoms in total. The molecule has 0 unspecified atom stereocenters. The lowest BCUT2D eigenvalue weighted by molar-refractivity contribution is -0.138. The fourth-order valence-electron chi connectivity index (χ4n) is 1.52. The lowest BCUT2D eigenvalue weighted by Gasteiger charge is -2.12. The van der Waals surface area contributed by atoms with Gasteiger partial charge >= 0.3 is 6.18 Å². The number of benzene rings is 1. The maximum absolute atomic E-state index is 12.7. The number of hydrogen-bond acceptors (Lipinski definition) is 2. The zero-order valence-electron chi connectivity index (χ0n) is 11.1. The number of halogens is 4. The maximum Gasteiger partial charge on any atom is 0.417 e. The molecule has 0 saturated heterocycles. The van der Waals surface area contributed by atoms with Crippen LogP contribution in [0.5, 0.6) is 0 Å². The van der Waals surface area contributed by atoms with Crippen molar-refractivity contribution >= 4 is 21.8 Å². The molecule has 0 radical (unpaired) electrons. The van der Waals surface area contributed by atoms with Gasteiger partial charge in [-0.1, -0.05) is 29.8 Å². The quantitative estimate of drug-likeness (QED) is 0.799. The van der Waals surface area contributed by atoms with E-state index in [1.54, 1.807) is 0 Å². The van der Waals surface area contributed by atoms with Gasteiger partial charge in [-0.3, -0.25) is 4.79 Å². The van der Waals surface area contributed by atoms with Crippen LogP contribution in [0.2, 0.25) is 0 Å². The highest BCUT2D eigenvalue weighted by Gasteiger charge is 2.33. The van der Waals surface area contributed by atoms with Gasteiger partial charge in [0, 0.05) is 29.2 Å². The van der Waals surface area contributed by atoms with E-state index >= 15 is 0 Å². The normalized spacial score (nSPS) is 11.8. The molecule has 0 aromatic heterocycles. The Morgan fingerprint density at radius 3 is 2.50 bits per heavy atom. The molecule has 1 aromatic carbocycles. The molecular weight excluding hydrogens is 337 g/mol. The summed E-state index contributed by atoms with van der Waals surface area (Å²) in [5.41, 5.74) is -0.865. The summed E-state index contributed by atoms with van der Waals surface area (Å²) in [6.07, 6.45) is -4.49. The van der Waals surface area contributed by atoms with Crippen molar-refractivity contribution in [1.82, 2.24) is 10.6 Å². The Hall–Kier alpha value is -1.08. The smallest absolute Gasteiger partial charge is 0.351 e. The molecule has 0 saturated carbocycles. The molecule has 1 amide bonds. The fraction of sp³-hybridized carbons (Fsp3) is 0.462. The molecule has 0 aliphatic carbocycles. The van der Waals surface area contributed by atoms with Gasteiger partial charge in [-0.25, -0.2) is 0 Å². The third kappa shape index (κ3) is 5.13. The molecule has 0 fully saturated rings. The summed E-state index contributed by atoms with van der Waals surface area (Å²) in [6.45, 7) is 4.85. The minimum Gasteiger partial charge on any atom is -0.351 e. The first kappa shape index (κ1) is 17.0. The molecule has 112 valence electrons. The summed E-state index contributed by atoms with van der Waals surface area (Å²) in [6, 6.07) is 3.71. The van der Waals surface area contributed by atoms with E-state index in [1.807, 2.05) is 13.8 Å². The molecule has 0 atom stereocenters. The van der Waals surface area contributed by atoms with Crippen molar-refractivity contribution in [1.29, 1.82) is 0 Å². The maximum atomic E-state index is 12.7. The minimum atomic E-state index is -4.49. The second kappa shape index (κ2) is 7.08. The number of nitrogens with one attached hydrogen (secondary N) is 2. The van der Waals surface area contributed by atoms with Crippen LogP contribution in [0.1, 0.15) is 29.8 Å². The van der Waals surface area contributed by atoms with Gasteiger partial charge in [0.05, 0.1) is 5.56 Å². The zero-order valence-corrected chi connectivity index (χ0v) is 12.7. The average molecular weight is 353 g/mol. The van der Waals surface area contributed by atoms with Gasteiger partial charge in [0.2, 0.25) is 0 Å². The number of amides is 1. The fourth-order valence-corrected chi connectivity index (χ4v) is 1.99. The summed E-state index contributed by atoms with van der Waals surface area (Å²) in [5.74, 6) is -0.520. The first-order chi connectivity index (χ1) is 9.21. The predicted octanol–water partition coefficient (Wildman–Crippen LogP) is 3.20. The molecule has 1 aromatic rings. The van der Waals surface area contributed by atoms with Gasteiger partial charge in [0.1, 0.15) is 0 Å². The molecule has 0 aliphatic heterocycles. The van der Waals surface area contributed by atoms with Crippen LogP contribution in [0.25, 0.3) is 0 Å².